The van der Waals surface area contributed by atoms with Crippen LogP contribution in [0.3, 0.4) is 0 Å². The van der Waals surface area contributed by atoms with Crippen LogP contribution in [0.4, 0.5) is 0 Å². The maximum Gasteiger partial charge on any atom is 0.348 e. The van der Waals surface area contributed by atoms with Gasteiger partial charge in [0.2, 0.25) is 0 Å². The third kappa shape index (κ3) is 2.72. The molecule has 0 aromatic carbocycles. The zero-order valence-electron chi connectivity index (χ0n) is 10.0. The number of nitrogens with zero attached hydrogens (tertiary/aromatic N) is 1. The van der Waals surface area contributed by atoms with Crippen LogP contribution in [0.1, 0.15) is 15.2 Å². The Kier molecular flexibility index (Phi) is 4.68. The van der Waals surface area contributed by atoms with Crippen LogP contribution < -0.4 is 0 Å². The normalized spacial score (nSPS) is 10.2. The number of carbonyl (C=O) groups is 1. The highest BCUT2D eigenvalue weighted by Gasteiger charge is 2.25. The van der Waals surface area contributed by atoms with Crippen LogP contribution in [0.2, 0.25) is 0 Å². The molecule has 0 aliphatic carbocycles. The Balaban J connectivity index is 2.72. The highest BCUT2D eigenvalue weighted by atomic mass is 79.9. The molecule has 19 heavy (non-hydrogen) atoms. The summed E-state index contributed by atoms with van der Waals surface area (Å²) < 4.78 is 6.60. The van der Waals surface area contributed by atoms with Crippen molar-refractivity contribution in [1.82, 2.24) is 0 Å². The molecule has 2 aromatic heterocycles. The minimum atomic E-state index is -0.402. The second-order valence-corrected chi connectivity index (χ2v) is 7.94. The van der Waals surface area contributed by atoms with E-state index in [1.54, 1.807) is 0 Å². The number of hydrogen-bond acceptors (Lipinski definition) is 6. The van der Waals surface area contributed by atoms with Crippen LogP contribution in [-0.4, -0.2) is 19.3 Å². The maximum atomic E-state index is 11.9. The van der Waals surface area contributed by atoms with Gasteiger partial charge in [0.05, 0.1) is 20.7 Å². The third-order valence-corrected chi connectivity index (χ3v) is 6.29. The van der Waals surface area contributed by atoms with Gasteiger partial charge in [-0.05, 0) is 34.3 Å². The summed E-state index contributed by atoms with van der Waals surface area (Å²) in [5.41, 5.74) is 1.23. The van der Waals surface area contributed by atoms with Gasteiger partial charge in [0.1, 0.15) is 10.9 Å². The molecule has 0 aliphatic heterocycles. The van der Waals surface area contributed by atoms with Crippen molar-refractivity contribution in [2.45, 2.75) is 4.21 Å². The van der Waals surface area contributed by atoms with E-state index in [0.29, 0.717) is 16.0 Å². The second-order valence-electron chi connectivity index (χ2n) is 3.38. The van der Waals surface area contributed by atoms with E-state index in [4.69, 9.17) is 4.74 Å². The molecule has 0 saturated heterocycles. The zero-order valence-corrected chi connectivity index (χ0v) is 14.1. The first-order chi connectivity index (χ1) is 9.12. The molecule has 98 valence electrons. The lowest BCUT2D eigenvalue weighted by atomic mass is 10.1. The molecule has 2 aromatic rings. The molecule has 0 atom stereocenters. The Bertz CT molecular complexity index is 669. The summed E-state index contributed by atoms with van der Waals surface area (Å²) in [6.07, 6.45) is 1.89. The first-order valence-corrected chi connectivity index (χ1v) is 8.72. The van der Waals surface area contributed by atoms with E-state index in [2.05, 4.69) is 22.0 Å². The summed E-state index contributed by atoms with van der Waals surface area (Å²) in [7, 11) is 1.35. The second kappa shape index (κ2) is 6.09. The molecule has 0 bridgehead atoms. The van der Waals surface area contributed by atoms with E-state index >= 15 is 0 Å². The number of methoxy groups -OCH3 is 1. The lowest BCUT2D eigenvalue weighted by molar-refractivity contribution is 0.0607. The maximum absolute atomic E-state index is 11.9. The van der Waals surface area contributed by atoms with Gasteiger partial charge in [0.25, 0.3) is 0 Å². The minimum absolute atomic E-state index is 0.402. The number of rotatable bonds is 3. The Morgan fingerprint density at radius 1 is 1.47 bits per heavy atom. The van der Waals surface area contributed by atoms with Gasteiger partial charge in [-0.1, -0.05) is 0 Å². The molecule has 0 radical (unpaired) electrons. The number of nitriles is 1. The lowest BCUT2D eigenvalue weighted by Gasteiger charge is -2.00. The van der Waals surface area contributed by atoms with E-state index in [1.807, 2.05) is 18.4 Å². The first kappa shape index (κ1) is 14.6. The van der Waals surface area contributed by atoms with Gasteiger partial charge in [-0.25, -0.2) is 4.79 Å². The zero-order chi connectivity index (χ0) is 14.0. The molecule has 0 fully saturated rings. The summed E-state index contributed by atoms with van der Waals surface area (Å²) >= 11 is 7.66. The molecule has 0 unspecified atom stereocenters. The summed E-state index contributed by atoms with van der Waals surface area (Å²) in [5.74, 6) is -0.402. The van der Waals surface area contributed by atoms with Gasteiger partial charge in [0, 0.05) is 10.4 Å². The number of halogens is 1. The Morgan fingerprint density at radius 2 is 2.21 bits per heavy atom. The minimum Gasteiger partial charge on any atom is -0.465 e. The predicted octanol–water partition coefficient (Wildman–Crippen LogP) is 4.62. The van der Waals surface area contributed by atoms with Crippen LogP contribution in [0.5, 0.6) is 0 Å². The summed E-state index contributed by atoms with van der Waals surface area (Å²) in [4.78, 5) is 13.2. The van der Waals surface area contributed by atoms with E-state index in [-0.39, 0.29) is 0 Å². The number of thioether (sulfide) groups is 1. The fraction of sp³-hybridized carbons (Fsp3) is 0.167. The van der Waals surface area contributed by atoms with Crippen molar-refractivity contribution in [2.75, 3.05) is 13.4 Å². The third-order valence-electron chi connectivity index (χ3n) is 2.36. The quantitative estimate of drug-likeness (QED) is 0.581. The Morgan fingerprint density at radius 3 is 2.68 bits per heavy atom. The lowest BCUT2D eigenvalue weighted by Crippen LogP contribution is -1.99. The van der Waals surface area contributed by atoms with Crippen molar-refractivity contribution in [2.24, 2.45) is 0 Å². The molecule has 0 N–H and O–H groups in total. The van der Waals surface area contributed by atoms with E-state index in [0.717, 1.165) is 12.9 Å². The number of hydrogen-bond donors (Lipinski definition) is 0. The summed E-state index contributed by atoms with van der Waals surface area (Å²) in [6.45, 7) is 0. The molecular formula is C12H8BrNO2S3. The topological polar surface area (TPSA) is 50.1 Å². The molecule has 7 heteroatoms. The van der Waals surface area contributed by atoms with Crippen molar-refractivity contribution in [3.63, 3.8) is 0 Å². The van der Waals surface area contributed by atoms with Crippen molar-refractivity contribution in [1.29, 1.82) is 5.26 Å². The fourth-order valence-electron chi connectivity index (χ4n) is 1.58. The van der Waals surface area contributed by atoms with Crippen molar-refractivity contribution >= 4 is 56.3 Å². The number of ether oxygens (including phenoxy) is 1. The SMILES string of the molecule is COC(=O)c1sc(SC)c(C#N)c1-c1ccc(Br)s1. The Labute approximate surface area is 131 Å². The van der Waals surface area contributed by atoms with Gasteiger partial charge in [-0.15, -0.1) is 34.4 Å². The van der Waals surface area contributed by atoms with Crippen molar-refractivity contribution < 1.29 is 9.53 Å². The fourth-order valence-corrected chi connectivity index (χ4v) is 4.94. The average molecular weight is 374 g/mol. The molecule has 2 heterocycles. The van der Waals surface area contributed by atoms with Gasteiger partial charge >= 0.3 is 5.97 Å². The van der Waals surface area contributed by atoms with Gasteiger partial charge in [0.15, 0.2) is 0 Å². The number of carbonyl (C=O) groups excluding carboxylic acids is 1. The van der Waals surface area contributed by atoms with Crippen LogP contribution in [0.15, 0.2) is 20.1 Å². The molecule has 2 rings (SSSR count). The average Bonchev–Trinajstić information content (AvgIpc) is 3.00. The monoisotopic (exact) mass is 373 g/mol. The highest BCUT2D eigenvalue weighted by Crippen LogP contribution is 2.44. The van der Waals surface area contributed by atoms with Gasteiger partial charge in [-0.2, -0.15) is 5.26 Å². The van der Waals surface area contributed by atoms with Crippen molar-refractivity contribution in [3.05, 3.63) is 26.4 Å². The van der Waals surface area contributed by atoms with E-state index in [9.17, 15) is 10.1 Å². The predicted molar refractivity (Wildman–Crippen MR) is 83.2 cm³/mol. The number of esters is 1. The largest absolute Gasteiger partial charge is 0.465 e. The molecule has 3 nitrogen and oxygen atoms in total. The number of thiophene rings is 2. The standard InChI is InChI=1S/C12H8BrNO2S3/c1-16-11(15)10-9(7-3-4-8(13)18-7)6(5-14)12(17-2)19-10/h3-4H,1-2H3. The van der Waals surface area contributed by atoms with Crippen LogP contribution in [0.25, 0.3) is 10.4 Å². The highest BCUT2D eigenvalue weighted by molar-refractivity contribution is 9.11. The van der Waals surface area contributed by atoms with Crippen LogP contribution in [-0.2, 0) is 4.74 Å². The van der Waals surface area contributed by atoms with Crippen LogP contribution in [0, 0.1) is 11.3 Å². The van der Waals surface area contributed by atoms with E-state index < -0.39 is 5.97 Å². The van der Waals surface area contributed by atoms with Crippen LogP contribution >= 0.6 is 50.4 Å². The van der Waals surface area contributed by atoms with Gasteiger partial charge < -0.3 is 4.74 Å². The Hall–Kier alpha value is -0.810. The smallest absolute Gasteiger partial charge is 0.348 e. The molecule has 0 spiro atoms. The van der Waals surface area contributed by atoms with E-state index in [1.165, 1.54) is 41.5 Å². The molecular weight excluding hydrogens is 366 g/mol. The first-order valence-electron chi connectivity index (χ1n) is 5.07. The molecule has 0 aliphatic rings. The van der Waals surface area contributed by atoms with Crippen molar-refractivity contribution in [3.8, 4) is 16.5 Å². The molecule has 0 saturated carbocycles. The van der Waals surface area contributed by atoms with Gasteiger partial charge in [-0.3, -0.25) is 0 Å². The molecule has 0 amide bonds. The summed E-state index contributed by atoms with van der Waals surface area (Å²) in [6, 6.07) is 5.99. The summed E-state index contributed by atoms with van der Waals surface area (Å²) in [5, 5.41) is 9.35.